The van der Waals surface area contributed by atoms with Crippen LogP contribution < -0.4 is 5.73 Å². The number of nitrogens with zero attached hydrogens (tertiary/aromatic N) is 3. The summed E-state index contributed by atoms with van der Waals surface area (Å²) in [5.41, 5.74) is 10.1. The highest BCUT2D eigenvalue weighted by Crippen LogP contribution is 2.28. The summed E-state index contributed by atoms with van der Waals surface area (Å²) >= 11 is 0. The van der Waals surface area contributed by atoms with Crippen molar-refractivity contribution in [1.29, 1.82) is 0 Å². The molecule has 0 fully saturated rings. The third-order valence-electron chi connectivity index (χ3n) is 4.06. The lowest BCUT2D eigenvalue weighted by molar-refractivity contribution is 0.631. The minimum atomic E-state index is -0.277. The lowest BCUT2D eigenvalue weighted by Crippen LogP contribution is -2.11. The van der Waals surface area contributed by atoms with Gasteiger partial charge in [0.15, 0.2) is 0 Å². The summed E-state index contributed by atoms with van der Waals surface area (Å²) in [5.74, 6) is 0.141. The molecule has 1 aliphatic rings. The van der Waals surface area contributed by atoms with Gasteiger partial charge in [-0.3, -0.25) is 4.40 Å². The van der Waals surface area contributed by atoms with Crippen molar-refractivity contribution in [3.8, 4) is 11.3 Å². The fourth-order valence-electron chi connectivity index (χ4n) is 3.01. The largest absolute Gasteiger partial charge is 0.369 e. The van der Waals surface area contributed by atoms with E-state index in [0.717, 1.165) is 42.6 Å². The number of imidazole rings is 1. The smallest absolute Gasteiger partial charge is 0.206 e. The molecule has 0 unspecified atom stereocenters. The van der Waals surface area contributed by atoms with Gasteiger partial charge < -0.3 is 5.73 Å². The Morgan fingerprint density at radius 1 is 1.10 bits per heavy atom. The number of hydrogen-bond donors (Lipinski definition) is 1. The Kier molecular flexibility index (Phi) is 2.67. The van der Waals surface area contributed by atoms with Gasteiger partial charge in [0.1, 0.15) is 11.5 Å². The molecule has 0 amide bonds. The lowest BCUT2D eigenvalue weighted by Gasteiger charge is -2.15. The second-order valence-electron chi connectivity index (χ2n) is 5.40. The van der Waals surface area contributed by atoms with Gasteiger partial charge in [0, 0.05) is 17.3 Å². The van der Waals surface area contributed by atoms with Crippen LogP contribution in [0, 0.1) is 5.82 Å². The normalized spacial score (nSPS) is 14.3. The Morgan fingerprint density at radius 2 is 1.90 bits per heavy atom. The van der Waals surface area contributed by atoms with Crippen molar-refractivity contribution in [1.82, 2.24) is 14.4 Å². The first kappa shape index (κ1) is 12.3. The number of benzene rings is 1. The van der Waals surface area contributed by atoms with Crippen LogP contribution in [0.15, 0.2) is 30.5 Å². The molecule has 2 heterocycles. The molecule has 3 aromatic rings. The second-order valence-corrected chi connectivity index (χ2v) is 5.40. The number of nitrogens with two attached hydrogens (primary N) is 1. The van der Waals surface area contributed by atoms with Crippen LogP contribution in [0.4, 0.5) is 10.3 Å². The van der Waals surface area contributed by atoms with Gasteiger partial charge in [-0.05, 0) is 37.8 Å². The Hall–Kier alpha value is -2.43. The predicted octanol–water partition coefficient (Wildman–Crippen LogP) is 3.00. The predicted molar refractivity (Wildman–Crippen MR) is 79.4 cm³/mol. The minimum absolute atomic E-state index is 0.277. The molecular formula is C16H15FN4. The number of nitrogen functional groups attached to an aromatic ring is 1. The quantitative estimate of drug-likeness (QED) is 0.746. The van der Waals surface area contributed by atoms with Crippen LogP contribution >= 0.6 is 0 Å². The molecule has 2 aromatic heterocycles. The highest BCUT2D eigenvalue weighted by Gasteiger charge is 2.19. The van der Waals surface area contributed by atoms with Crippen LogP contribution in [0.25, 0.3) is 16.9 Å². The molecule has 21 heavy (non-hydrogen) atoms. The summed E-state index contributed by atoms with van der Waals surface area (Å²) in [6.07, 6.45) is 5.94. The summed E-state index contributed by atoms with van der Waals surface area (Å²) in [7, 11) is 0. The van der Waals surface area contributed by atoms with E-state index < -0.39 is 0 Å². The number of anilines is 1. The van der Waals surface area contributed by atoms with E-state index in [9.17, 15) is 4.39 Å². The first-order valence-corrected chi connectivity index (χ1v) is 7.15. The zero-order valence-electron chi connectivity index (χ0n) is 11.5. The maximum Gasteiger partial charge on any atom is 0.206 e. The summed E-state index contributed by atoms with van der Waals surface area (Å²) in [6.45, 7) is 0. The average Bonchev–Trinajstić information content (AvgIpc) is 2.94. The van der Waals surface area contributed by atoms with Gasteiger partial charge in [-0.15, -0.1) is 0 Å². The van der Waals surface area contributed by atoms with E-state index in [2.05, 4.69) is 9.97 Å². The van der Waals surface area contributed by atoms with E-state index in [1.165, 1.54) is 6.07 Å². The van der Waals surface area contributed by atoms with Gasteiger partial charge in [-0.2, -0.15) is 0 Å². The van der Waals surface area contributed by atoms with Crippen LogP contribution in [-0.4, -0.2) is 14.4 Å². The summed E-state index contributed by atoms with van der Waals surface area (Å²) < 4.78 is 15.7. The fourth-order valence-corrected chi connectivity index (χ4v) is 3.01. The molecule has 0 atom stereocenters. The molecular weight excluding hydrogens is 267 g/mol. The number of rotatable bonds is 1. The van der Waals surface area contributed by atoms with E-state index >= 15 is 0 Å². The van der Waals surface area contributed by atoms with Gasteiger partial charge in [0.25, 0.3) is 0 Å². The minimum Gasteiger partial charge on any atom is -0.369 e. The Labute approximate surface area is 121 Å². The van der Waals surface area contributed by atoms with E-state index in [4.69, 9.17) is 5.73 Å². The molecule has 4 nitrogen and oxygen atoms in total. The van der Waals surface area contributed by atoms with Crippen molar-refractivity contribution in [3.63, 3.8) is 0 Å². The maximum atomic E-state index is 13.9. The standard InChI is InChI=1S/C16H15FN4/c17-12-7-3-1-5-10(12)14-9-21-15(19-14)11-6-2-4-8-13(11)20-16(21)18/h1,3,5,7,9H,2,4,6,8H2,(H2,18,20). The topological polar surface area (TPSA) is 56.2 Å². The van der Waals surface area contributed by atoms with E-state index in [0.29, 0.717) is 17.2 Å². The van der Waals surface area contributed by atoms with Crippen LogP contribution in [0.2, 0.25) is 0 Å². The number of aryl methyl sites for hydroxylation is 2. The summed E-state index contributed by atoms with van der Waals surface area (Å²) in [4.78, 5) is 9.10. The molecule has 0 saturated heterocycles. The molecule has 1 aliphatic carbocycles. The third kappa shape index (κ3) is 1.88. The van der Waals surface area contributed by atoms with Crippen molar-refractivity contribution in [2.45, 2.75) is 25.7 Å². The Bertz CT molecular complexity index is 838. The van der Waals surface area contributed by atoms with E-state index in [1.807, 2.05) is 0 Å². The van der Waals surface area contributed by atoms with Crippen molar-refractivity contribution in [2.75, 3.05) is 5.73 Å². The van der Waals surface area contributed by atoms with Gasteiger partial charge >= 0.3 is 0 Å². The number of fused-ring (bicyclic) bond motifs is 3. The first-order valence-electron chi connectivity index (χ1n) is 7.15. The molecule has 1 aromatic carbocycles. The van der Waals surface area contributed by atoms with Gasteiger partial charge in [0.2, 0.25) is 5.95 Å². The molecule has 106 valence electrons. The molecule has 0 spiro atoms. The van der Waals surface area contributed by atoms with Crippen LogP contribution in [0.1, 0.15) is 24.1 Å². The van der Waals surface area contributed by atoms with Gasteiger partial charge in [-0.25, -0.2) is 14.4 Å². The van der Waals surface area contributed by atoms with Gasteiger partial charge in [-0.1, -0.05) is 12.1 Å². The van der Waals surface area contributed by atoms with Crippen molar-refractivity contribution < 1.29 is 4.39 Å². The zero-order valence-corrected chi connectivity index (χ0v) is 11.5. The molecule has 0 aliphatic heterocycles. The van der Waals surface area contributed by atoms with Crippen LogP contribution in [0.5, 0.6) is 0 Å². The number of halogens is 1. The number of hydrogen-bond acceptors (Lipinski definition) is 3. The van der Waals surface area contributed by atoms with Gasteiger partial charge in [0.05, 0.1) is 11.4 Å². The highest BCUT2D eigenvalue weighted by atomic mass is 19.1. The van der Waals surface area contributed by atoms with E-state index in [-0.39, 0.29) is 5.82 Å². The highest BCUT2D eigenvalue weighted by molar-refractivity contribution is 5.67. The average molecular weight is 282 g/mol. The van der Waals surface area contributed by atoms with Crippen molar-refractivity contribution >= 4 is 11.6 Å². The molecule has 0 radical (unpaired) electrons. The zero-order chi connectivity index (χ0) is 14.4. The Morgan fingerprint density at radius 3 is 2.76 bits per heavy atom. The van der Waals surface area contributed by atoms with E-state index in [1.54, 1.807) is 28.8 Å². The van der Waals surface area contributed by atoms with Crippen LogP contribution in [-0.2, 0) is 12.8 Å². The van der Waals surface area contributed by atoms with Crippen molar-refractivity contribution in [3.05, 3.63) is 47.5 Å². The summed E-state index contributed by atoms with van der Waals surface area (Å²) in [5, 5.41) is 0. The SMILES string of the molecule is Nc1nc2c(c3nc(-c4ccccc4F)cn13)CCCC2. The second kappa shape index (κ2) is 4.55. The lowest BCUT2D eigenvalue weighted by atomic mass is 9.97. The first-order chi connectivity index (χ1) is 10.2. The van der Waals surface area contributed by atoms with Crippen LogP contribution in [0.3, 0.4) is 0 Å². The maximum absolute atomic E-state index is 13.9. The molecule has 0 bridgehead atoms. The fraction of sp³-hybridized carbons (Fsp3) is 0.250. The third-order valence-corrected chi connectivity index (χ3v) is 4.06. The Balaban J connectivity index is 1.98. The molecule has 2 N–H and O–H groups in total. The molecule has 4 rings (SSSR count). The monoisotopic (exact) mass is 282 g/mol. The molecule has 5 heteroatoms. The summed E-state index contributed by atoms with van der Waals surface area (Å²) in [6, 6.07) is 6.65. The molecule has 0 saturated carbocycles. The number of aromatic nitrogens is 3. The van der Waals surface area contributed by atoms with Crippen molar-refractivity contribution in [2.24, 2.45) is 0 Å².